The molecule has 0 unspecified atom stereocenters. The third-order valence-corrected chi connectivity index (χ3v) is 1.61. The largest absolute Gasteiger partial charge is 0.407 e. The zero-order chi connectivity index (χ0) is 9.80. The van der Waals surface area contributed by atoms with E-state index in [4.69, 9.17) is 16.0 Å². The second kappa shape index (κ2) is 4.01. The first-order valence-corrected chi connectivity index (χ1v) is 4.33. The van der Waals surface area contributed by atoms with Gasteiger partial charge in [0.05, 0.1) is 6.20 Å². The van der Waals surface area contributed by atoms with Gasteiger partial charge in [-0.1, -0.05) is 5.10 Å². The Kier molecular flexibility index (Phi) is 2.55. The molecule has 2 aromatic rings. The fourth-order valence-electron chi connectivity index (χ4n) is 0.831. The maximum Gasteiger partial charge on any atom is 0.321 e. The van der Waals surface area contributed by atoms with E-state index in [-0.39, 0.29) is 11.9 Å². The standard InChI is InChI=1S/C7H6ClN5O/c8-3-6-12-13-7(14-6)11-5-4-9-1-2-10-5/h1-2,4H,3H2,(H,10,11,13). The molecule has 0 aromatic carbocycles. The van der Waals surface area contributed by atoms with Gasteiger partial charge in [0.25, 0.3) is 0 Å². The fourth-order valence-corrected chi connectivity index (χ4v) is 0.939. The van der Waals surface area contributed by atoms with E-state index < -0.39 is 0 Å². The predicted molar refractivity (Wildman–Crippen MR) is 49.2 cm³/mol. The van der Waals surface area contributed by atoms with E-state index >= 15 is 0 Å². The second-order valence-electron chi connectivity index (χ2n) is 2.35. The summed E-state index contributed by atoms with van der Waals surface area (Å²) in [7, 11) is 0. The van der Waals surface area contributed by atoms with E-state index in [1.165, 1.54) is 0 Å². The minimum atomic E-state index is 0.190. The molecule has 1 N–H and O–H groups in total. The van der Waals surface area contributed by atoms with Gasteiger partial charge in [-0.05, 0) is 0 Å². The van der Waals surface area contributed by atoms with Crippen LogP contribution in [0.1, 0.15) is 5.89 Å². The first-order chi connectivity index (χ1) is 6.88. The summed E-state index contributed by atoms with van der Waals surface area (Å²) in [4.78, 5) is 7.84. The molecule has 14 heavy (non-hydrogen) atoms. The van der Waals surface area contributed by atoms with Crippen LogP contribution in [-0.2, 0) is 5.88 Å². The smallest absolute Gasteiger partial charge is 0.321 e. The summed E-state index contributed by atoms with van der Waals surface area (Å²) in [5, 5.41) is 10.2. The van der Waals surface area contributed by atoms with Gasteiger partial charge in [0.1, 0.15) is 5.88 Å². The normalized spacial score (nSPS) is 10.1. The Morgan fingerprint density at radius 2 is 2.29 bits per heavy atom. The molecule has 0 saturated carbocycles. The van der Waals surface area contributed by atoms with Crippen molar-refractivity contribution in [2.45, 2.75) is 5.88 Å². The Hall–Kier alpha value is -1.69. The summed E-state index contributed by atoms with van der Waals surface area (Å²) in [5.41, 5.74) is 0. The fraction of sp³-hybridized carbons (Fsp3) is 0.143. The van der Waals surface area contributed by atoms with Crippen LogP contribution in [-0.4, -0.2) is 20.2 Å². The van der Waals surface area contributed by atoms with Crippen molar-refractivity contribution in [1.82, 2.24) is 20.2 Å². The molecule has 0 radical (unpaired) electrons. The van der Waals surface area contributed by atoms with E-state index in [2.05, 4.69) is 25.5 Å². The zero-order valence-corrected chi connectivity index (χ0v) is 7.77. The van der Waals surface area contributed by atoms with Crippen LogP contribution in [0.3, 0.4) is 0 Å². The van der Waals surface area contributed by atoms with Crippen LogP contribution >= 0.6 is 11.6 Å². The molecule has 72 valence electrons. The summed E-state index contributed by atoms with van der Waals surface area (Å²) in [6, 6.07) is 0.251. The first kappa shape index (κ1) is 8.89. The lowest BCUT2D eigenvalue weighted by atomic mass is 10.6. The third kappa shape index (κ3) is 1.97. The van der Waals surface area contributed by atoms with Crippen molar-refractivity contribution >= 4 is 23.4 Å². The number of nitrogens with zero attached hydrogens (tertiary/aromatic N) is 4. The van der Waals surface area contributed by atoms with Crippen molar-refractivity contribution < 1.29 is 4.42 Å². The SMILES string of the molecule is ClCc1nnc(Nc2cnccn2)o1. The molecule has 0 amide bonds. The van der Waals surface area contributed by atoms with Crippen LogP contribution < -0.4 is 5.32 Å². The van der Waals surface area contributed by atoms with E-state index in [1.54, 1.807) is 18.6 Å². The Morgan fingerprint density at radius 3 is 2.93 bits per heavy atom. The van der Waals surface area contributed by atoms with Crippen LogP contribution in [0.5, 0.6) is 0 Å². The van der Waals surface area contributed by atoms with Crippen molar-refractivity contribution in [1.29, 1.82) is 0 Å². The highest BCUT2D eigenvalue weighted by Gasteiger charge is 2.04. The molecule has 0 spiro atoms. The quantitative estimate of drug-likeness (QED) is 0.772. The van der Waals surface area contributed by atoms with E-state index in [9.17, 15) is 0 Å². The zero-order valence-electron chi connectivity index (χ0n) is 7.01. The monoisotopic (exact) mass is 211 g/mol. The van der Waals surface area contributed by atoms with Gasteiger partial charge >= 0.3 is 6.01 Å². The summed E-state index contributed by atoms with van der Waals surface area (Å²) >= 11 is 5.49. The molecule has 2 rings (SSSR count). The highest BCUT2D eigenvalue weighted by molar-refractivity contribution is 6.16. The number of hydrogen-bond donors (Lipinski definition) is 1. The number of hydrogen-bond acceptors (Lipinski definition) is 6. The number of halogens is 1. The number of rotatable bonds is 3. The molecule has 0 bridgehead atoms. The van der Waals surface area contributed by atoms with Crippen molar-refractivity contribution in [3.05, 3.63) is 24.5 Å². The average molecular weight is 212 g/mol. The van der Waals surface area contributed by atoms with Crippen LogP contribution in [0.15, 0.2) is 23.0 Å². The topological polar surface area (TPSA) is 76.7 Å². The number of nitrogens with one attached hydrogen (secondary N) is 1. The summed E-state index contributed by atoms with van der Waals surface area (Å²) in [5.74, 6) is 1.09. The predicted octanol–water partition coefficient (Wildman–Crippen LogP) is 1.34. The molecule has 0 aliphatic carbocycles. The first-order valence-electron chi connectivity index (χ1n) is 3.80. The van der Waals surface area contributed by atoms with E-state index in [0.717, 1.165) is 0 Å². The molecule has 0 atom stereocenters. The molecule has 2 heterocycles. The van der Waals surface area contributed by atoms with Crippen LogP contribution in [0.25, 0.3) is 0 Å². The Morgan fingerprint density at radius 1 is 1.36 bits per heavy atom. The molecule has 2 aromatic heterocycles. The lowest BCUT2D eigenvalue weighted by Gasteiger charge is -1.96. The minimum Gasteiger partial charge on any atom is -0.407 e. The van der Waals surface area contributed by atoms with Gasteiger partial charge in [0, 0.05) is 12.4 Å². The molecule has 6 nitrogen and oxygen atoms in total. The molecule has 0 fully saturated rings. The lowest BCUT2D eigenvalue weighted by molar-refractivity contribution is 0.530. The third-order valence-electron chi connectivity index (χ3n) is 1.38. The van der Waals surface area contributed by atoms with Gasteiger partial charge in [0.2, 0.25) is 5.89 Å². The van der Waals surface area contributed by atoms with Crippen LogP contribution in [0.4, 0.5) is 11.8 Å². The van der Waals surface area contributed by atoms with E-state index in [0.29, 0.717) is 11.7 Å². The van der Waals surface area contributed by atoms with Gasteiger partial charge in [0.15, 0.2) is 5.82 Å². The van der Waals surface area contributed by atoms with Crippen molar-refractivity contribution in [3.63, 3.8) is 0 Å². The highest BCUT2D eigenvalue weighted by Crippen LogP contribution is 2.11. The number of anilines is 2. The molecular weight excluding hydrogens is 206 g/mol. The molecule has 0 aliphatic heterocycles. The Bertz CT molecular complexity index is 403. The second-order valence-corrected chi connectivity index (χ2v) is 2.62. The van der Waals surface area contributed by atoms with Gasteiger partial charge < -0.3 is 4.42 Å². The van der Waals surface area contributed by atoms with Crippen molar-refractivity contribution in [2.75, 3.05) is 5.32 Å². The summed E-state index contributed by atoms with van der Waals surface area (Å²) in [6.45, 7) is 0. The van der Waals surface area contributed by atoms with Gasteiger partial charge in [-0.2, -0.15) is 0 Å². The molecule has 0 saturated heterocycles. The molecule has 0 aliphatic rings. The van der Waals surface area contributed by atoms with Gasteiger partial charge in [-0.15, -0.1) is 16.7 Å². The maximum absolute atomic E-state index is 5.49. The molecular formula is C7H6ClN5O. The average Bonchev–Trinajstić information content (AvgIpc) is 2.67. The maximum atomic E-state index is 5.49. The van der Waals surface area contributed by atoms with Crippen molar-refractivity contribution in [3.8, 4) is 0 Å². The lowest BCUT2D eigenvalue weighted by Crippen LogP contribution is -1.93. The van der Waals surface area contributed by atoms with Gasteiger partial charge in [-0.3, -0.25) is 10.3 Å². The van der Waals surface area contributed by atoms with Crippen LogP contribution in [0, 0.1) is 0 Å². The summed E-state index contributed by atoms with van der Waals surface area (Å²) < 4.78 is 5.10. The molecule has 7 heteroatoms. The Labute approximate surface area is 84.3 Å². The number of alkyl halides is 1. The number of aromatic nitrogens is 4. The Balaban J connectivity index is 2.11. The summed E-state index contributed by atoms with van der Waals surface area (Å²) in [6.07, 6.45) is 4.68. The van der Waals surface area contributed by atoms with Crippen molar-refractivity contribution in [2.24, 2.45) is 0 Å². The minimum absolute atomic E-state index is 0.190. The van der Waals surface area contributed by atoms with E-state index in [1.807, 2.05) is 0 Å². The van der Waals surface area contributed by atoms with Gasteiger partial charge in [-0.25, -0.2) is 4.98 Å². The van der Waals surface area contributed by atoms with Crippen LogP contribution in [0.2, 0.25) is 0 Å². The highest BCUT2D eigenvalue weighted by atomic mass is 35.5.